The van der Waals surface area contributed by atoms with Crippen LogP contribution < -0.4 is 10.1 Å². The first kappa shape index (κ1) is 21.1. The van der Waals surface area contributed by atoms with Crippen LogP contribution in [0.3, 0.4) is 0 Å². The van der Waals surface area contributed by atoms with Gasteiger partial charge in [0.05, 0.1) is 25.0 Å². The molecule has 1 amide bonds. The van der Waals surface area contributed by atoms with Crippen LogP contribution in [0.5, 0.6) is 5.75 Å². The molecule has 1 aliphatic rings. The van der Waals surface area contributed by atoms with E-state index in [0.717, 1.165) is 5.56 Å². The highest BCUT2D eigenvalue weighted by Gasteiger charge is 2.41. The second-order valence-corrected chi connectivity index (χ2v) is 9.38. The van der Waals surface area contributed by atoms with Gasteiger partial charge in [0.15, 0.2) is 5.03 Å². The van der Waals surface area contributed by atoms with E-state index in [1.54, 1.807) is 35.9 Å². The lowest BCUT2D eigenvalue weighted by molar-refractivity contribution is 0.0933. The van der Waals surface area contributed by atoms with Gasteiger partial charge in [-0.3, -0.25) is 4.79 Å². The minimum absolute atomic E-state index is 0.00137. The van der Waals surface area contributed by atoms with E-state index in [9.17, 15) is 13.2 Å². The molecule has 2 heterocycles. The topological polar surface area (TPSA) is 93.5 Å². The Morgan fingerprint density at radius 1 is 1.10 bits per heavy atom. The number of sulfonamides is 1. The first-order chi connectivity index (χ1) is 14.9. The highest BCUT2D eigenvalue weighted by atomic mass is 32.2. The molecule has 4 rings (SSSR count). The van der Waals surface area contributed by atoms with E-state index in [1.165, 1.54) is 23.9 Å². The molecule has 9 heteroatoms. The molecule has 0 bridgehead atoms. The zero-order valence-electron chi connectivity index (χ0n) is 17.3. The number of carbonyl (C=O) groups is 1. The summed E-state index contributed by atoms with van der Waals surface area (Å²) in [4.78, 5) is 17.0. The molecule has 0 saturated carbocycles. The summed E-state index contributed by atoms with van der Waals surface area (Å²) in [7, 11) is -0.549. The van der Waals surface area contributed by atoms with E-state index < -0.39 is 16.1 Å². The van der Waals surface area contributed by atoms with Gasteiger partial charge in [-0.15, -0.1) is 0 Å². The van der Waals surface area contributed by atoms with E-state index in [4.69, 9.17) is 4.74 Å². The van der Waals surface area contributed by atoms with Gasteiger partial charge in [0, 0.05) is 32.3 Å². The lowest BCUT2D eigenvalue weighted by Gasteiger charge is -2.20. The van der Waals surface area contributed by atoms with Gasteiger partial charge in [0.2, 0.25) is 0 Å². The van der Waals surface area contributed by atoms with Crippen molar-refractivity contribution in [1.29, 1.82) is 0 Å². The van der Waals surface area contributed by atoms with Crippen LogP contribution in [0.15, 0.2) is 72.1 Å². The fraction of sp³-hybridized carbons (Fsp3) is 0.273. The molecule has 1 saturated heterocycles. The van der Waals surface area contributed by atoms with Crippen LogP contribution in [0, 0.1) is 0 Å². The second kappa shape index (κ2) is 8.52. The Hall–Kier alpha value is -3.17. The van der Waals surface area contributed by atoms with Gasteiger partial charge in [0.1, 0.15) is 5.75 Å². The van der Waals surface area contributed by atoms with E-state index in [1.807, 2.05) is 30.3 Å². The number of para-hydroxylation sites is 1. The van der Waals surface area contributed by atoms with Crippen molar-refractivity contribution in [2.45, 2.75) is 17.0 Å². The Bertz CT molecular complexity index is 1180. The van der Waals surface area contributed by atoms with E-state index in [2.05, 4.69) is 10.3 Å². The zero-order valence-corrected chi connectivity index (χ0v) is 18.1. The van der Waals surface area contributed by atoms with Crippen molar-refractivity contribution in [3.05, 3.63) is 78.2 Å². The van der Waals surface area contributed by atoms with Crippen molar-refractivity contribution in [1.82, 2.24) is 19.2 Å². The van der Waals surface area contributed by atoms with Gasteiger partial charge in [0.25, 0.3) is 15.9 Å². The minimum Gasteiger partial charge on any atom is -0.496 e. The average molecular weight is 441 g/mol. The van der Waals surface area contributed by atoms with Gasteiger partial charge in [-0.25, -0.2) is 13.4 Å². The smallest absolute Gasteiger partial charge is 0.262 e. The molecule has 162 valence electrons. The molecule has 2 aromatic carbocycles. The third kappa shape index (κ3) is 4.19. The zero-order chi connectivity index (χ0) is 22.0. The van der Waals surface area contributed by atoms with Crippen LogP contribution in [-0.4, -0.2) is 54.4 Å². The third-order valence-electron chi connectivity index (χ3n) is 5.47. The number of benzene rings is 2. The summed E-state index contributed by atoms with van der Waals surface area (Å²) in [6, 6.07) is 16.2. The summed E-state index contributed by atoms with van der Waals surface area (Å²) in [5.41, 5.74) is 1.37. The van der Waals surface area contributed by atoms with Gasteiger partial charge >= 0.3 is 0 Å². The Kier molecular flexibility index (Phi) is 5.79. The first-order valence-electron chi connectivity index (χ1n) is 9.87. The lowest BCUT2D eigenvalue weighted by Crippen LogP contribution is -2.40. The standard InChI is InChI=1S/C22H24N4O4S/c1-25-14-21(23-15-25)31(28,29)26-12-18(16-8-4-3-5-9-16)19(13-26)24-22(27)17-10-6-7-11-20(17)30-2/h3-11,14-15,18-19H,12-13H2,1-2H3,(H,24,27)/t18-,19+/m1/s1. The molecule has 1 N–H and O–H groups in total. The van der Waals surface area contributed by atoms with E-state index in [0.29, 0.717) is 11.3 Å². The number of nitrogens with zero attached hydrogens (tertiary/aromatic N) is 3. The second-order valence-electron chi connectivity index (χ2n) is 7.50. The molecule has 8 nitrogen and oxygen atoms in total. The molecule has 0 unspecified atom stereocenters. The fourth-order valence-corrected chi connectivity index (χ4v) is 5.34. The number of aromatic nitrogens is 2. The maximum atomic E-state index is 13.1. The predicted molar refractivity (Wildman–Crippen MR) is 115 cm³/mol. The van der Waals surface area contributed by atoms with Crippen LogP contribution in [0.25, 0.3) is 0 Å². The van der Waals surface area contributed by atoms with Crippen molar-refractivity contribution in [2.75, 3.05) is 20.2 Å². The Morgan fingerprint density at radius 3 is 2.48 bits per heavy atom. The van der Waals surface area contributed by atoms with Gasteiger partial charge in [-0.05, 0) is 17.7 Å². The maximum Gasteiger partial charge on any atom is 0.262 e. The van der Waals surface area contributed by atoms with Crippen LogP contribution in [0.4, 0.5) is 0 Å². The number of methoxy groups -OCH3 is 1. The largest absolute Gasteiger partial charge is 0.496 e. The highest BCUT2D eigenvalue weighted by Crippen LogP contribution is 2.31. The predicted octanol–water partition coefficient (Wildman–Crippen LogP) is 2.02. The molecule has 1 fully saturated rings. The molecule has 1 aromatic heterocycles. The summed E-state index contributed by atoms with van der Waals surface area (Å²) >= 11 is 0. The number of imidazole rings is 1. The van der Waals surface area contributed by atoms with Crippen LogP contribution in [-0.2, 0) is 17.1 Å². The SMILES string of the molecule is COc1ccccc1C(=O)N[C@H]1CN(S(=O)(=O)c2cn(C)cn2)C[C@@H]1c1ccccc1. The van der Waals surface area contributed by atoms with Gasteiger partial charge in [-0.2, -0.15) is 4.31 Å². The summed E-state index contributed by atoms with van der Waals surface area (Å²) < 4.78 is 34.6. The molecule has 0 radical (unpaired) electrons. The quantitative estimate of drug-likeness (QED) is 0.633. The van der Waals surface area contributed by atoms with Crippen LogP contribution in [0.1, 0.15) is 21.8 Å². The summed E-state index contributed by atoms with van der Waals surface area (Å²) in [6.07, 6.45) is 2.94. The number of aryl methyl sites for hydroxylation is 1. The van der Waals surface area contributed by atoms with Gasteiger partial charge in [-0.1, -0.05) is 42.5 Å². The summed E-state index contributed by atoms with van der Waals surface area (Å²) in [5.74, 6) is -0.0361. The summed E-state index contributed by atoms with van der Waals surface area (Å²) in [6.45, 7) is 0.402. The van der Waals surface area contributed by atoms with E-state index >= 15 is 0 Å². The Morgan fingerprint density at radius 2 is 1.81 bits per heavy atom. The average Bonchev–Trinajstić information content (AvgIpc) is 3.41. The minimum atomic E-state index is -3.78. The lowest BCUT2D eigenvalue weighted by atomic mass is 9.94. The number of nitrogens with one attached hydrogen (secondary N) is 1. The number of hydrogen-bond acceptors (Lipinski definition) is 5. The highest BCUT2D eigenvalue weighted by molar-refractivity contribution is 7.89. The number of carbonyl (C=O) groups excluding carboxylic acids is 1. The summed E-state index contributed by atoms with van der Waals surface area (Å²) in [5, 5.41) is 3.03. The van der Waals surface area contributed by atoms with Crippen molar-refractivity contribution in [3.8, 4) is 5.75 Å². The van der Waals surface area contributed by atoms with Crippen LogP contribution >= 0.6 is 0 Å². The molecule has 2 atom stereocenters. The van der Waals surface area contributed by atoms with Gasteiger partial charge < -0.3 is 14.6 Å². The molecule has 0 spiro atoms. The normalized spacial score (nSPS) is 19.3. The monoisotopic (exact) mass is 440 g/mol. The van der Waals surface area contributed by atoms with E-state index in [-0.39, 0.29) is 29.9 Å². The molecular formula is C22H24N4O4S. The molecule has 1 aliphatic heterocycles. The Balaban J connectivity index is 1.63. The first-order valence-corrected chi connectivity index (χ1v) is 11.3. The molecule has 3 aromatic rings. The molecule has 0 aliphatic carbocycles. The molecule has 31 heavy (non-hydrogen) atoms. The number of ether oxygens (including phenoxy) is 1. The van der Waals surface area contributed by atoms with Crippen molar-refractivity contribution in [2.24, 2.45) is 7.05 Å². The van der Waals surface area contributed by atoms with Crippen molar-refractivity contribution in [3.63, 3.8) is 0 Å². The third-order valence-corrected chi connectivity index (χ3v) is 7.18. The maximum absolute atomic E-state index is 13.1. The van der Waals surface area contributed by atoms with Crippen molar-refractivity contribution < 1.29 is 17.9 Å². The fourth-order valence-electron chi connectivity index (χ4n) is 3.88. The molecular weight excluding hydrogens is 416 g/mol. The Labute approximate surface area is 181 Å². The van der Waals surface area contributed by atoms with Crippen molar-refractivity contribution >= 4 is 15.9 Å². The number of amides is 1. The van der Waals surface area contributed by atoms with Crippen LogP contribution in [0.2, 0.25) is 0 Å². The number of rotatable bonds is 6. The number of hydrogen-bond donors (Lipinski definition) is 1.